The van der Waals surface area contributed by atoms with E-state index in [4.69, 9.17) is 28.5 Å². The maximum absolute atomic E-state index is 8.98. The van der Waals surface area contributed by atoms with E-state index in [0.29, 0.717) is 28.7 Å². The predicted octanol–water partition coefficient (Wildman–Crippen LogP) is 5.99. The summed E-state index contributed by atoms with van der Waals surface area (Å²) in [5.74, 6) is 0. The highest BCUT2D eigenvalue weighted by molar-refractivity contribution is 6.35. The lowest BCUT2D eigenvalue weighted by Crippen LogP contribution is -2.06. The van der Waals surface area contributed by atoms with E-state index in [1.807, 2.05) is 60.8 Å². The Labute approximate surface area is 185 Å². The molecule has 0 spiro atoms. The van der Waals surface area contributed by atoms with Gasteiger partial charge in [0, 0.05) is 44.8 Å². The van der Waals surface area contributed by atoms with E-state index in [1.54, 1.807) is 0 Å². The van der Waals surface area contributed by atoms with Gasteiger partial charge in [-0.05, 0) is 35.9 Å². The van der Waals surface area contributed by atoms with Crippen molar-refractivity contribution < 1.29 is 0 Å². The number of hydrazone groups is 1. The topological polar surface area (TPSA) is 53.1 Å². The van der Waals surface area contributed by atoms with Crippen LogP contribution in [0.15, 0.2) is 78.0 Å². The molecule has 4 aromatic rings. The van der Waals surface area contributed by atoms with Crippen molar-refractivity contribution >= 4 is 40.3 Å². The zero-order valence-electron chi connectivity index (χ0n) is 16.0. The quantitative estimate of drug-likeness (QED) is 0.300. The standard InChI is InChI=1S/C24H18Cl2N4/c25-22-5-3-6-23(26)21(22)14-29-28-13-19-16-30(24-7-2-1-4-20(19)24)15-18-10-8-17(12-27)9-11-18/h1-11,13,16,29H,14-15H2/b28-13-. The Balaban J connectivity index is 1.54. The minimum atomic E-state index is 0.443. The van der Waals surface area contributed by atoms with Gasteiger partial charge in [-0.3, -0.25) is 0 Å². The second kappa shape index (κ2) is 9.04. The lowest BCUT2D eigenvalue weighted by Gasteiger charge is -2.05. The molecule has 3 aromatic carbocycles. The summed E-state index contributed by atoms with van der Waals surface area (Å²) in [5, 5.41) is 15.7. The van der Waals surface area contributed by atoms with Gasteiger partial charge in [-0.15, -0.1) is 0 Å². The number of hydrogen-bond donors (Lipinski definition) is 1. The van der Waals surface area contributed by atoms with Crippen LogP contribution in [-0.4, -0.2) is 10.8 Å². The second-order valence-corrected chi connectivity index (χ2v) is 7.65. The van der Waals surface area contributed by atoms with Crippen molar-refractivity contribution in [2.45, 2.75) is 13.1 Å². The number of para-hydroxylation sites is 1. The van der Waals surface area contributed by atoms with Crippen molar-refractivity contribution in [3.05, 3.63) is 105 Å². The molecule has 0 fully saturated rings. The molecule has 30 heavy (non-hydrogen) atoms. The Bertz CT molecular complexity index is 1230. The highest BCUT2D eigenvalue weighted by Crippen LogP contribution is 2.24. The molecule has 0 bridgehead atoms. The fourth-order valence-corrected chi connectivity index (χ4v) is 3.86. The summed E-state index contributed by atoms with van der Waals surface area (Å²) in [7, 11) is 0. The van der Waals surface area contributed by atoms with E-state index in [-0.39, 0.29) is 0 Å². The third-order valence-electron chi connectivity index (χ3n) is 4.87. The van der Waals surface area contributed by atoms with E-state index in [0.717, 1.165) is 27.6 Å². The molecule has 0 amide bonds. The largest absolute Gasteiger partial charge is 0.342 e. The van der Waals surface area contributed by atoms with Crippen LogP contribution >= 0.6 is 23.2 Å². The first kappa shape index (κ1) is 20.0. The monoisotopic (exact) mass is 432 g/mol. The van der Waals surface area contributed by atoms with E-state index in [9.17, 15) is 0 Å². The highest BCUT2D eigenvalue weighted by atomic mass is 35.5. The average molecular weight is 433 g/mol. The van der Waals surface area contributed by atoms with Gasteiger partial charge in [-0.25, -0.2) is 0 Å². The smallest absolute Gasteiger partial charge is 0.0991 e. The summed E-state index contributed by atoms with van der Waals surface area (Å²) in [6, 6.07) is 23.4. The third kappa shape index (κ3) is 4.33. The molecule has 1 aromatic heterocycles. The summed E-state index contributed by atoms with van der Waals surface area (Å²) in [6.07, 6.45) is 3.89. The summed E-state index contributed by atoms with van der Waals surface area (Å²) in [6.45, 7) is 1.15. The van der Waals surface area contributed by atoms with Crippen molar-refractivity contribution in [3.8, 4) is 6.07 Å². The van der Waals surface area contributed by atoms with Gasteiger partial charge in [0.05, 0.1) is 24.4 Å². The highest BCUT2D eigenvalue weighted by Gasteiger charge is 2.08. The van der Waals surface area contributed by atoms with Crippen LogP contribution in [0.2, 0.25) is 10.0 Å². The van der Waals surface area contributed by atoms with Crippen molar-refractivity contribution in [3.63, 3.8) is 0 Å². The van der Waals surface area contributed by atoms with Crippen LogP contribution < -0.4 is 5.43 Å². The molecule has 4 nitrogen and oxygen atoms in total. The minimum absolute atomic E-state index is 0.443. The number of rotatable bonds is 6. The number of nitrogens with zero attached hydrogens (tertiary/aromatic N) is 3. The van der Waals surface area contributed by atoms with Crippen LogP contribution in [0, 0.1) is 11.3 Å². The first-order valence-electron chi connectivity index (χ1n) is 9.41. The van der Waals surface area contributed by atoms with Crippen molar-refractivity contribution in [2.75, 3.05) is 0 Å². The Morgan fingerprint density at radius 3 is 2.43 bits per heavy atom. The van der Waals surface area contributed by atoms with Gasteiger partial charge in [-0.1, -0.05) is 59.6 Å². The molecule has 148 valence electrons. The molecule has 0 aliphatic heterocycles. The Kier molecular flexibility index (Phi) is 6.04. The Morgan fingerprint density at radius 2 is 1.70 bits per heavy atom. The number of nitriles is 1. The normalized spacial score (nSPS) is 11.1. The third-order valence-corrected chi connectivity index (χ3v) is 5.58. The molecule has 0 unspecified atom stereocenters. The summed E-state index contributed by atoms with van der Waals surface area (Å²) in [5.41, 5.74) is 7.77. The van der Waals surface area contributed by atoms with Crippen LogP contribution in [-0.2, 0) is 13.1 Å². The van der Waals surface area contributed by atoms with Gasteiger partial charge in [0.25, 0.3) is 0 Å². The maximum atomic E-state index is 8.98. The number of fused-ring (bicyclic) bond motifs is 1. The molecular weight excluding hydrogens is 415 g/mol. The minimum Gasteiger partial charge on any atom is -0.342 e. The van der Waals surface area contributed by atoms with Crippen LogP contribution in [0.5, 0.6) is 0 Å². The maximum Gasteiger partial charge on any atom is 0.0991 e. The zero-order valence-corrected chi connectivity index (χ0v) is 17.5. The van der Waals surface area contributed by atoms with Gasteiger partial charge in [-0.2, -0.15) is 10.4 Å². The molecule has 0 saturated carbocycles. The number of halogens is 2. The Morgan fingerprint density at radius 1 is 0.967 bits per heavy atom. The van der Waals surface area contributed by atoms with Gasteiger partial charge in [0.15, 0.2) is 0 Å². The number of hydrogen-bond acceptors (Lipinski definition) is 3. The first-order valence-corrected chi connectivity index (χ1v) is 10.2. The molecule has 4 rings (SSSR count). The van der Waals surface area contributed by atoms with Crippen LogP contribution in [0.4, 0.5) is 0 Å². The summed E-state index contributed by atoms with van der Waals surface area (Å²) < 4.78 is 2.18. The van der Waals surface area contributed by atoms with Crippen molar-refractivity contribution in [1.29, 1.82) is 5.26 Å². The van der Waals surface area contributed by atoms with Crippen molar-refractivity contribution in [1.82, 2.24) is 9.99 Å². The number of nitrogens with one attached hydrogen (secondary N) is 1. The van der Waals surface area contributed by atoms with E-state index in [1.165, 1.54) is 0 Å². The summed E-state index contributed by atoms with van der Waals surface area (Å²) >= 11 is 12.4. The molecule has 1 N–H and O–H groups in total. The van der Waals surface area contributed by atoms with Crippen LogP contribution in [0.3, 0.4) is 0 Å². The number of benzene rings is 3. The molecule has 0 atom stereocenters. The lowest BCUT2D eigenvalue weighted by atomic mass is 10.1. The predicted molar refractivity (Wildman–Crippen MR) is 123 cm³/mol. The van der Waals surface area contributed by atoms with Gasteiger partial charge >= 0.3 is 0 Å². The molecule has 0 radical (unpaired) electrons. The molecule has 6 heteroatoms. The second-order valence-electron chi connectivity index (χ2n) is 6.83. The fourth-order valence-electron chi connectivity index (χ4n) is 3.33. The van der Waals surface area contributed by atoms with Crippen LogP contribution in [0.1, 0.15) is 22.3 Å². The van der Waals surface area contributed by atoms with Gasteiger partial charge in [0.1, 0.15) is 0 Å². The Hall–Kier alpha value is -3.26. The first-order chi connectivity index (χ1) is 14.7. The molecule has 0 aliphatic carbocycles. The van der Waals surface area contributed by atoms with Gasteiger partial charge in [0.2, 0.25) is 0 Å². The SMILES string of the molecule is N#Cc1ccc(Cn2cc(/C=N\NCc3c(Cl)cccc3Cl)c3ccccc32)cc1. The van der Waals surface area contributed by atoms with E-state index in [2.05, 4.69) is 39.5 Å². The lowest BCUT2D eigenvalue weighted by molar-refractivity contribution is 0.748. The molecule has 0 aliphatic rings. The fraction of sp³-hybridized carbons (Fsp3) is 0.0833. The van der Waals surface area contributed by atoms with E-state index >= 15 is 0 Å². The van der Waals surface area contributed by atoms with E-state index < -0.39 is 0 Å². The van der Waals surface area contributed by atoms with Crippen LogP contribution in [0.25, 0.3) is 10.9 Å². The zero-order chi connectivity index (χ0) is 20.9. The molecule has 1 heterocycles. The van der Waals surface area contributed by atoms with Gasteiger partial charge < -0.3 is 9.99 Å². The molecule has 0 saturated heterocycles. The van der Waals surface area contributed by atoms with Crippen molar-refractivity contribution in [2.24, 2.45) is 5.10 Å². The average Bonchev–Trinajstić information content (AvgIpc) is 3.11. The molecular formula is C24H18Cl2N4. The number of aromatic nitrogens is 1. The summed E-state index contributed by atoms with van der Waals surface area (Å²) in [4.78, 5) is 0.